The van der Waals surface area contributed by atoms with Gasteiger partial charge in [-0.05, 0) is 50.4 Å². The van der Waals surface area contributed by atoms with Crippen LogP contribution in [0.3, 0.4) is 0 Å². The minimum atomic E-state index is 0.859. The maximum atomic E-state index is 4.20. The molecular formula is C19H35N. The predicted octanol–water partition coefficient (Wildman–Crippen LogP) is 5.44. The number of rotatable bonds is 4. The number of hydrogen-bond acceptors (Lipinski definition) is 1. The Bertz CT molecular complexity index is 239. The van der Waals surface area contributed by atoms with E-state index >= 15 is 0 Å². The molecule has 0 aromatic carbocycles. The summed E-state index contributed by atoms with van der Waals surface area (Å²) in [5.41, 5.74) is 0. The molecule has 0 spiro atoms. The molecular weight excluding hydrogens is 242 g/mol. The first-order chi connectivity index (χ1) is 9.93. The average molecular weight is 277 g/mol. The summed E-state index contributed by atoms with van der Waals surface area (Å²) in [7, 11) is 0. The number of hydrogen-bond donors (Lipinski definition) is 1. The van der Waals surface area contributed by atoms with Crippen LogP contribution >= 0.6 is 0 Å². The maximum Gasteiger partial charge on any atom is 0.0126 e. The Morgan fingerprint density at radius 3 is 1.35 bits per heavy atom. The molecule has 1 heteroatoms. The van der Waals surface area contributed by atoms with Crippen molar-refractivity contribution in [2.45, 2.75) is 108 Å². The van der Waals surface area contributed by atoms with Crippen molar-refractivity contribution < 1.29 is 0 Å². The standard InChI is InChI=1S/C19H35N/c1-4-10-16(11-5-1)19(17-12-6-2-7-13-17)20-18-14-8-3-9-15-18/h16-20H,1-15H2. The summed E-state index contributed by atoms with van der Waals surface area (Å²) < 4.78 is 0. The zero-order valence-electron chi connectivity index (χ0n) is 13.4. The molecule has 0 unspecified atom stereocenters. The molecule has 3 aliphatic carbocycles. The summed E-state index contributed by atoms with van der Waals surface area (Å²) in [6.07, 6.45) is 22.4. The monoisotopic (exact) mass is 277 g/mol. The van der Waals surface area contributed by atoms with Crippen molar-refractivity contribution in [1.29, 1.82) is 0 Å². The van der Waals surface area contributed by atoms with Crippen LogP contribution < -0.4 is 5.32 Å². The maximum absolute atomic E-state index is 4.20. The lowest BCUT2D eigenvalue weighted by molar-refractivity contribution is 0.150. The summed E-state index contributed by atoms with van der Waals surface area (Å²) in [5.74, 6) is 2.02. The molecule has 3 saturated carbocycles. The second-order valence-electron chi connectivity index (χ2n) is 7.82. The lowest BCUT2D eigenvalue weighted by Gasteiger charge is -2.41. The summed E-state index contributed by atoms with van der Waals surface area (Å²) in [4.78, 5) is 0. The van der Waals surface area contributed by atoms with Gasteiger partial charge in [-0.1, -0.05) is 57.8 Å². The van der Waals surface area contributed by atoms with Gasteiger partial charge in [-0.3, -0.25) is 0 Å². The third-order valence-corrected chi connectivity index (χ3v) is 6.35. The quantitative estimate of drug-likeness (QED) is 0.721. The van der Waals surface area contributed by atoms with Crippen molar-refractivity contribution in [3.05, 3.63) is 0 Å². The van der Waals surface area contributed by atoms with E-state index in [0.717, 1.165) is 23.9 Å². The molecule has 0 atom stereocenters. The fraction of sp³-hybridized carbons (Fsp3) is 1.00. The van der Waals surface area contributed by atoms with Crippen molar-refractivity contribution in [3.63, 3.8) is 0 Å². The molecule has 0 amide bonds. The molecule has 0 aromatic heterocycles. The van der Waals surface area contributed by atoms with Gasteiger partial charge in [0.1, 0.15) is 0 Å². The molecule has 1 nitrogen and oxygen atoms in total. The van der Waals surface area contributed by atoms with Gasteiger partial charge in [0, 0.05) is 12.1 Å². The van der Waals surface area contributed by atoms with Crippen LogP contribution in [0.5, 0.6) is 0 Å². The minimum absolute atomic E-state index is 0.859. The van der Waals surface area contributed by atoms with Crippen molar-refractivity contribution in [1.82, 2.24) is 5.32 Å². The van der Waals surface area contributed by atoms with Crippen LogP contribution in [0.15, 0.2) is 0 Å². The summed E-state index contributed by atoms with van der Waals surface area (Å²) in [6, 6.07) is 1.73. The third-order valence-electron chi connectivity index (χ3n) is 6.35. The lowest BCUT2D eigenvalue weighted by atomic mass is 9.73. The molecule has 0 aromatic rings. The molecule has 0 aliphatic heterocycles. The molecule has 0 heterocycles. The van der Waals surface area contributed by atoms with Gasteiger partial charge in [0.15, 0.2) is 0 Å². The van der Waals surface area contributed by atoms with Crippen LogP contribution in [0.4, 0.5) is 0 Å². The van der Waals surface area contributed by atoms with Gasteiger partial charge in [-0.25, -0.2) is 0 Å². The van der Waals surface area contributed by atoms with Gasteiger partial charge in [0.05, 0.1) is 0 Å². The Kier molecular flexibility index (Phi) is 5.82. The van der Waals surface area contributed by atoms with Crippen molar-refractivity contribution in [3.8, 4) is 0 Å². The zero-order valence-corrected chi connectivity index (χ0v) is 13.4. The summed E-state index contributed by atoms with van der Waals surface area (Å²) >= 11 is 0. The highest BCUT2D eigenvalue weighted by Crippen LogP contribution is 2.36. The Morgan fingerprint density at radius 1 is 0.500 bits per heavy atom. The van der Waals surface area contributed by atoms with E-state index in [0.29, 0.717) is 0 Å². The second kappa shape index (κ2) is 7.82. The second-order valence-corrected chi connectivity index (χ2v) is 7.82. The summed E-state index contributed by atoms with van der Waals surface area (Å²) in [6.45, 7) is 0. The van der Waals surface area contributed by atoms with Gasteiger partial charge < -0.3 is 5.32 Å². The normalized spacial score (nSPS) is 28.1. The average Bonchev–Trinajstić information content (AvgIpc) is 2.55. The van der Waals surface area contributed by atoms with Crippen molar-refractivity contribution in [2.24, 2.45) is 11.8 Å². The Hall–Kier alpha value is -0.0400. The van der Waals surface area contributed by atoms with E-state index in [1.165, 1.54) is 96.3 Å². The van der Waals surface area contributed by atoms with Crippen LogP contribution in [0.1, 0.15) is 96.3 Å². The van der Waals surface area contributed by atoms with Gasteiger partial charge in [0.2, 0.25) is 0 Å². The molecule has 0 radical (unpaired) electrons. The molecule has 0 saturated heterocycles. The lowest BCUT2D eigenvalue weighted by Crippen LogP contribution is -2.49. The van der Waals surface area contributed by atoms with Crippen LogP contribution in [0.25, 0.3) is 0 Å². The first kappa shape index (κ1) is 14.9. The van der Waals surface area contributed by atoms with E-state index in [-0.39, 0.29) is 0 Å². The Morgan fingerprint density at radius 2 is 0.900 bits per heavy atom. The van der Waals surface area contributed by atoms with E-state index in [1.54, 1.807) is 0 Å². The van der Waals surface area contributed by atoms with Crippen molar-refractivity contribution >= 4 is 0 Å². The highest BCUT2D eigenvalue weighted by molar-refractivity contribution is 4.89. The Balaban J connectivity index is 1.61. The van der Waals surface area contributed by atoms with Crippen LogP contribution in [-0.2, 0) is 0 Å². The van der Waals surface area contributed by atoms with Gasteiger partial charge in [0.25, 0.3) is 0 Å². The minimum Gasteiger partial charge on any atom is -0.311 e. The van der Waals surface area contributed by atoms with Crippen LogP contribution in [-0.4, -0.2) is 12.1 Å². The molecule has 0 bridgehead atoms. The van der Waals surface area contributed by atoms with Gasteiger partial charge in [-0.15, -0.1) is 0 Å². The smallest absolute Gasteiger partial charge is 0.0126 e. The SMILES string of the molecule is C1CCC(NC(C2CCCCC2)C2CCCCC2)CC1. The summed E-state index contributed by atoms with van der Waals surface area (Å²) in [5, 5.41) is 4.20. The van der Waals surface area contributed by atoms with Crippen LogP contribution in [0, 0.1) is 11.8 Å². The van der Waals surface area contributed by atoms with Crippen LogP contribution in [0.2, 0.25) is 0 Å². The van der Waals surface area contributed by atoms with Crippen molar-refractivity contribution in [2.75, 3.05) is 0 Å². The Labute approximate surface area is 126 Å². The molecule has 3 rings (SSSR count). The first-order valence-electron chi connectivity index (χ1n) is 9.69. The fourth-order valence-corrected chi connectivity index (χ4v) is 5.19. The fourth-order valence-electron chi connectivity index (χ4n) is 5.19. The topological polar surface area (TPSA) is 12.0 Å². The predicted molar refractivity (Wildman–Crippen MR) is 86.9 cm³/mol. The first-order valence-corrected chi connectivity index (χ1v) is 9.69. The molecule has 3 aliphatic rings. The van der Waals surface area contributed by atoms with E-state index in [9.17, 15) is 0 Å². The van der Waals surface area contributed by atoms with E-state index in [4.69, 9.17) is 0 Å². The highest BCUT2D eigenvalue weighted by Gasteiger charge is 2.32. The molecule has 116 valence electrons. The molecule has 1 N–H and O–H groups in total. The molecule has 3 fully saturated rings. The zero-order chi connectivity index (χ0) is 13.6. The highest BCUT2D eigenvalue weighted by atomic mass is 15.0. The van der Waals surface area contributed by atoms with Gasteiger partial charge >= 0.3 is 0 Å². The largest absolute Gasteiger partial charge is 0.311 e. The molecule has 20 heavy (non-hydrogen) atoms. The van der Waals surface area contributed by atoms with E-state index in [1.807, 2.05) is 0 Å². The van der Waals surface area contributed by atoms with E-state index in [2.05, 4.69) is 5.32 Å². The van der Waals surface area contributed by atoms with E-state index < -0.39 is 0 Å². The van der Waals surface area contributed by atoms with Gasteiger partial charge in [-0.2, -0.15) is 0 Å². The third kappa shape index (κ3) is 4.00. The number of nitrogens with one attached hydrogen (secondary N) is 1.